The van der Waals surface area contributed by atoms with Crippen LogP contribution in [0.1, 0.15) is 6.92 Å². The van der Waals surface area contributed by atoms with Crippen LogP contribution in [-0.4, -0.2) is 103 Å². The molecule has 2 aliphatic rings. The number of phenolic OH excluding ortho intramolecular Hbond substituents is 2. The Morgan fingerprint density at radius 1 is 0.900 bits per heavy atom. The highest BCUT2D eigenvalue weighted by Gasteiger charge is 2.47. The van der Waals surface area contributed by atoms with Crippen molar-refractivity contribution in [3.8, 4) is 34.3 Å². The van der Waals surface area contributed by atoms with Crippen molar-refractivity contribution >= 4 is 11.0 Å². The zero-order chi connectivity index (χ0) is 28.9. The van der Waals surface area contributed by atoms with Crippen LogP contribution in [-0.2, 0) is 9.47 Å². The third kappa shape index (κ3) is 4.95. The fourth-order valence-electron chi connectivity index (χ4n) is 4.63. The molecule has 2 aromatic carbocycles. The Labute approximate surface area is 225 Å². The van der Waals surface area contributed by atoms with Gasteiger partial charge in [-0.15, -0.1) is 0 Å². The topological polar surface area (TPSA) is 229 Å². The number of ether oxygens (including phenoxy) is 4. The molecule has 2 saturated heterocycles. The molecular weight excluding hydrogens is 536 g/mol. The monoisotopic (exact) mass is 564 g/mol. The number of hydrogen-bond acceptors (Lipinski definition) is 14. The molecule has 0 radical (unpaired) electrons. The van der Waals surface area contributed by atoms with Gasteiger partial charge in [0.25, 0.3) is 0 Å². The maximum absolute atomic E-state index is 13.5. The van der Waals surface area contributed by atoms with E-state index >= 15 is 0 Å². The van der Waals surface area contributed by atoms with Gasteiger partial charge < -0.3 is 64.2 Å². The predicted octanol–water partition coefficient (Wildman–Crippen LogP) is -1.10. The SMILES string of the molecule is C[C@H](O)[C@@H]1O[C@@H](Oc2c(-c3ccc(O[C@@H]4O[C@@H](CO)[C@H](O)[C@H]4O)cc3)oc3cc(O)cc(O)c3c2=O)[C@H](O)[C@@H]1O. The summed E-state index contributed by atoms with van der Waals surface area (Å²) in [7, 11) is 0. The van der Waals surface area contributed by atoms with Crippen molar-refractivity contribution in [1.29, 1.82) is 0 Å². The van der Waals surface area contributed by atoms with E-state index in [2.05, 4.69) is 0 Å². The molecule has 2 fully saturated rings. The van der Waals surface area contributed by atoms with Gasteiger partial charge in [-0.05, 0) is 31.2 Å². The van der Waals surface area contributed by atoms with E-state index in [1.54, 1.807) is 0 Å². The molecule has 14 heteroatoms. The molecule has 40 heavy (non-hydrogen) atoms. The van der Waals surface area contributed by atoms with Gasteiger partial charge in [-0.3, -0.25) is 4.79 Å². The van der Waals surface area contributed by atoms with Crippen molar-refractivity contribution in [3.05, 3.63) is 46.6 Å². The minimum atomic E-state index is -1.65. The maximum atomic E-state index is 13.5. The first-order chi connectivity index (χ1) is 19.0. The van der Waals surface area contributed by atoms with Crippen LogP contribution in [0.25, 0.3) is 22.3 Å². The lowest BCUT2D eigenvalue weighted by Gasteiger charge is -2.19. The molecule has 14 nitrogen and oxygen atoms in total. The summed E-state index contributed by atoms with van der Waals surface area (Å²) in [6.07, 6.45) is -12.2. The molecular formula is C26H28O14. The van der Waals surface area contributed by atoms with Crippen LogP contribution in [0, 0.1) is 0 Å². The van der Waals surface area contributed by atoms with Gasteiger partial charge >= 0.3 is 0 Å². The van der Waals surface area contributed by atoms with Crippen molar-refractivity contribution in [2.75, 3.05) is 6.61 Å². The van der Waals surface area contributed by atoms with Crippen LogP contribution in [0.2, 0.25) is 0 Å². The predicted molar refractivity (Wildman–Crippen MR) is 133 cm³/mol. The van der Waals surface area contributed by atoms with Crippen molar-refractivity contribution in [2.24, 2.45) is 0 Å². The smallest absolute Gasteiger partial charge is 0.239 e. The summed E-state index contributed by atoms with van der Waals surface area (Å²) in [5.74, 6) is -1.51. The summed E-state index contributed by atoms with van der Waals surface area (Å²) in [5.41, 5.74) is -0.844. The van der Waals surface area contributed by atoms with E-state index in [-0.39, 0.29) is 33.8 Å². The molecule has 3 heterocycles. The van der Waals surface area contributed by atoms with Gasteiger partial charge in [-0.25, -0.2) is 0 Å². The van der Waals surface area contributed by atoms with Crippen LogP contribution in [0.15, 0.2) is 45.6 Å². The van der Waals surface area contributed by atoms with E-state index in [0.29, 0.717) is 0 Å². The van der Waals surface area contributed by atoms with Crippen LogP contribution in [0.5, 0.6) is 23.0 Å². The van der Waals surface area contributed by atoms with Gasteiger partial charge in [0.05, 0.1) is 12.7 Å². The average Bonchev–Trinajstić information content (AvgIpc) is 3.35. The molecule has 9 atom stereocenters. The van der Waals surface area contributed by atoms with Gasteiger partial charge in [0, 0.05) is 17.7 Å². The molecule has 0 spiro atoms. The first kappa shape index (κ1) is 28.1. The Morgan fingerprint density at radius 2 is 1.55 bits per heavy atom. The Balaban J connectivity index is 1.51. The van der Waals surface area contributed by atoms with Crippen LogP contribution >= 0.6 is 0 Å². The molecule has 0 bridgehead atoms. The fraction of sp³-hybridized carbons (Fsp3) is 0.423. The standard InChI is InChI=1S/C26H28O14/c1-9(28)22-19(33)21(35)26(39-22)40-24-18(32)16-13(30)6-11(29)7-14(16)37-23(24)10-2-4-12(5-3-10)36-25-20(34)17(31)15(8-27)38-25/h2-7,9,15,17,19-22,25-31,33-35H,8H2,1H3/t9-,15-,17-,19-,20+,21+,22-,25+,26-/m0/s1. The molecule has 0 unspecified atom stereocenters. The normalized spacial score (nSPS) is 31.0. The number of phenols is 2. The third-order valence-corrected chi connectivity index (χ3v) is 6.75. The second kappa shape index (κ2) is 10.8. The summed E-state index contributed by atoms with van der Waals surface area (Å²) in [5, 5.41) is 79.7. The number of rotatable bonds is 7. The first-order valence-electron chi connectivity index (χ1n) is 12.3. The quantitative estimate of drug-likeness (QED) is 0.170. The number of benzene rings is 2. The van der Waals surface area contributed by atoms with E-state index in [1.165, 1.54) is 31.2 Å². The van der Waals surface area contributed by atoms with Gasteiger partial charge in [-0.1, -0.05) is 0 Å². The Morgan fingerprint density at radius 3 is 2.15 bits per heavy atom. The van der Waals surface area contributed by atoms with Crippen molar-refractivity contribution in [1.82, 2.24) is 0 Å². The minimum absolute atomic E-state index is 0.178. The maximum Gasteiger partial charge on any atom is 0.239 e. The summed E-state index contributed by atoms with van der Waals surface area (Å²) in [6.45, 7) is 0.813. The van der Waals surface area contributed by atoms with E-state index < -0.39 is 78.8 Å². The lowest BCUT2D eigenvalue weighted by Crippen LogP contribution is -2.38. The molecule has 5 rings (SSSR count). The molecule has 8 N–H and O–H groups in total. The Bertz CT molecular complexity index is 1420. The van der Waals surface area contributed by atoms with Gasteiger partial charge in [0.2, 0.25) is 23.8 Å². The third-order valence-electron chi connectivity index (χ3n) is 6.75. The largest absolute Gasteiger partial charge is 0.508 e. The van der Waals surface area contributed by atoms with E-state index in [0.717, 1.165) is 12.1 Å². The number of aromatic hydroxyl groups is 2. The van der Waals surface area contributed by atoms with Crippen molar-refractivity contribution in [2.45, 2.75) is 62.2 Å². The molecule has 1 aromatic heterocycles. The Hall–Kier alpha value is -3.47. The molecule has 0 amide bonds. The molecule has 216 valence electrons. The van der Waals surface area contributed by atoms with Crippen LogP contribution in [0.4, 0.5) is 0 Å². The second-order valence-corrected chi connectivity index (χ2v) is 9.59. The summed E-state index contributed by atoms with van der Waals surface area (Å²) >= 11 is 0. The van der Waals surface area contributed by atoms with Gasteiger partial charge in [-0.2, -0.15) is 0 Å². The molecule has 0 aliphatic carbocycles. The highest BCUT2D eigenvalue weighted by atomic mass is 16.7. The minimum Gasteiger partial charge on any atom is -0.508 e. The number of aliphatic hydroxyl groups is 6. The number of fused-ring (bicyclic) bond motifs is 1. The highest BCUT2D eigenvalue weighted by molar-refractivity contribution is 5.88. The van der Waals surface area contributed by atoms with Gasteiger partial charge in [0.15, 0.2) is 5.76 Å². The lowest BCUT2D eigenvalue weighted by atomic mass is 10.1. The van der Waals surface area contributed by atoms with E-state index in [4.69, 9.17) is 23.4 Å². The summed E-state index contributed by atoms with van der Waals surface area (Å²) < 4.78 is 27.8. The second-order valence-electron chi connectivity index (χ2n) is 9.59. The first-order valence-corrected chi connectivity index (χ1v) is 12.3. The summed E-state index contributed by atoms with van der Waals surface area (Å²) in [6, 6.07) is 7.77. The van der Waals surface area contributed by atoms with Crippen LogP contribution in [0.3, 0.4) is 0 Å². The zero-order valence-corrected chi connectivity index (χ0v) is 20.9. The molecule has 2 aliphatic heterocycles. The molecule has 0 saturated carbocycles. The van der Waals surface area contributed by atoms with Crippen molar-refractivity contribution < 1.29 is 64.2 Å². The number of hydrogen-bond donors (Lipinski definition) is 8. The fourth-order valence-corrected chi connectivity index (χ4v) is 4.63. The lowest BCUT2D eigenvalue weighted by molar-refractivity contribution is -0.129. The van der Waals surface area contributed by atoms with Crippen molar-refractivity contribution in [3.63, 3.8) is 0 Å². The van der Waals surface area contributed by atoms with Gasteiger partial charge in [0.1, 0.15) is 64.8 Å². The van der Waals surface area contributed by atoms with E-state index in [1.807, 2.05) is 0 Å². The highest BCUT2D eigenvalue weighted by Crippen LogP contribution is 2.38. The average molecular weight is 564 g/mol. The molecule has 3 aromatic rings. The number of aliphatic hydroxyl groups excluding tert-OH is 6. The zero-order valence-electron chi connectivity index (χ0n) is 20.9. The van der Waals surface area contributed by atoms with E-state index in [9.17, 15) is 45.6 Å². The summed E-state index contributed by atoms with van der Waals surface area (Å²) in [4.78, 5) is 13.5. The van der Waals surface area contributed by atoms with Crippen LogP contribution < -0.4 is 14.9 Å². The Kier molecular flexibility index (Phi) is 7.60.